The van der Waals surface area contributed by atoms with Gasteiger partial charge < -0.3 is 14.6 Å². The Balaban J connectivity index is 1.51. The van der Waals surface area contributed by atoms with Crippen LogP contribution >= 0.6 is 0 Å². The maximum absolute atomic E-state index is 12.0. The van der Waals surface area contributed by atoms with Gasteiger partial charge in [0.05, 0.1) is 19.6 Å². The van der Waals surface area contributed by atoms with Gasteiger partial charge in [-0.1, -0.05) is 47.6 Å². The third-order valence-corrected chi connectivity index (χ3v) is 3.54. The quantitative estimate of drug-likeness (QED) is 0.717. The fourth-order valence-corrected chi connectivity index (χ4v) is 2.32. The predicted octanol–water partition coefficient (Wildman–Crippen LogP) is 2.99. The van der Waals surface area contributed by atoms with Crippen LogP contribution in [0.15, 0.2) is 59.1 Å². The van der Waals surface area contributed by atoms with E-state index in [0.717, 1.165) is 16.9 Å². The zero-order valence-electron chi connectivity index (χ0n) is 13.9. The fraction of sp³-hybridized carbons (Fsp3) is 0.211. The maximum Gasteiger partial charge on any atom is 0.246 e. The van der Waals surface area contributed by atoms with Crippen LogP contribution in [0.2, 0.25) is 0 Å². The minimum Gasteiger partial charge on any atom is -0.494 e. The molecule has 0 aliphatic carbocycles. The molecule has 3 rings (SSSR count). The van der Waals surface area contributed by atoms with Crippen molar-refractivity contribution in [3.8, 4) is 17.1 Å². The summed E-state index contributed by atoms with van der Waals surface area (Å²) >= 11 is 0. The van der Waals surface area contributed by atoms with Gasteiger partial charge in [0.1, 0.15) is 5.75 Å². The lowest BCUT2D eigenvalue weighted by molar-refractivity contribution is -0.120. The molecule has 0 atom stereocenters. The summed E-state index contributed by atoms with van der Waals surface area (Å²) in [4.78, 5) is 16.3. The van der Waals surface area contributed by atoms with E-state index in [-0.39, 0.29) is 18.9 Å². The average Bonchev–Trinajstić information content (AvgIpc) is 3.12. The number of ether oxygens (including phenoxy) is 1. The summed E-state index contributed by atoms with van der Waals surface area (Å²) in [6.07, 6.45) is 0.284. The van der Waals surface area contributed by atoms with Gasteiger partial charge in [0.2, 0.25) is 17.6 Å². The summed E-state index contributed by atoms with van der Waals surface area (Å²) < 4.78 is 10.6. The summed E-state index contributed by atoms with van der Waals surface area (Å²) in [6.45, 7) is 2.76. The molecule has 128 valence electrons. The number of aromatic nitrogens is 2. The number of nitrogens with zero attached hydrogens (tertiary/aromatic N) is 2. The molecule has 0 radical (unpaired) electrons. The van der Waals surface area contributed by atoms with E-state index in [1.165, 1.54) is 0 Å². The van der Waals surface area contributed by atoms with Gasteiger partial charge in [-0.15, -0.1) is 0 Å². The Hall–Kier alpha value is -3.15. The van der Waals surface area contributed by atoms with Crippen molar-refractivity contribution in [1.82, 2.24) is 15.5 Å². The van der Waals surface area contributed by atoms with Gasteiger partial charge in [-0.25, -0.2) is 0 Å². The first-order chi connectivity index (χ1) is 12.2. The second kappa shape index (κ2) is 8.10. The minimum absolute atomic E-state index is 0.108. The SMILES string of the molecule is CCOc1ccc(CC(=O)NCc2nc(-c3ccccc3)no2)cc1. The summed E-state index contributed by atoms with van der Waals surface area (Å²) in [7, 11) is 0. The number of hydrogen-bond donors (Lipinski definition) is 1. The fourth-order valence-electron chi connectivity index (χ4n) is 2.32. The van der Waals surface area contributed by atoms with Crippen LogP contribution in [0.25, 0.3) is 11.4 Å². The monoisotopic (exact) mass is 337 g/mol. The number of nitrogens with one attached hydrogen (secondary N) is 1. The van der Waals surface area contributed by atoms with Gasteiger partial charge >= 0.3 is 0 Å². The number of carbonyl (C=O) groups is 1. The topological polar surface area (TPSA) is 77.2 Å². The predicted molar refractivity (Wildman–Crippen MR) is 92.9 cm³/mol. The molecule has 2 aromatic carbocycles. The lowest BCUT2D eigenvalue weighted by Gasteiger charge is -2.05. The minimum atomic E-state index is -0.108. The van der Waals surface area contributed by atoms with E-state index >= 15 is 0 Å². The highest BCUT2D eigenvalue weighted by atomic mass is 16.5. The molecule has 0 unspecified atom stereocenters. The van der Waals surface area contributed by atoms with Crippen LogP contribution in [0.1, 0.15) is 18.4 Å². The number of amides is 1. The normalized spacial score (nSPS) is 10.4. The van der Waals surface area contributed by atoms with E-state index in [1.54, 1.807) is 0 Å². The molecule has 0 aliphatic rings. The summed E-state index contributed by atoms with van der Waals surface area (Å²) in [6, 6.07) is 17.0. The van der Waals surface area contributed by atoms with Crippen molar-refractivity contribution in [2.75, 3.05) is 6.61 Å². The molecule has 0 saturated heterocycles. The van der Waals surface area contributed by atoms with Gasteiger partial charge in [0.25, 0.3) is 0 Å². The van der Waals surface area contributed by atoms with Gasteiger partial charge in [-0.2, -0.15) is 4.98 Å². The Morgan fingerprint density at radius 1 is 1.12 bits per heavy atom. The Morgan fingerprint density at radius 2 is 1.88 bits per heavy atom. The van der Waals surface area contributed by atoms with Gasteiger partial charge in [-0.3, -0.25) is 4.79 Å². The number of rotatable bonds is 7. The van der Waals surface area contributed by atoms with Gasteiger partial charge in [-0.05, 0) is 24.6 Å². The van der Waals surface area contributed by atoms with Crippen LogP contribution < -0.4 is 10.1 Å². The summed E-state index contributed by atoms with van der Waals surface area (Å²) in [5.74, 6) is 1.57. The molecule has 1 heterocycles. The third kappa shape index (κ3) is 4.67. The molecule has 1 N–H and O–H groups in total. The van der Waals surface area contributed by atoms with E-state index in [4.69, 9.17) is 9.26 Å². The highest BCUT2D eigenvalue weighted by Crippen LogP contribution is 2.15. The molecule has 0 saturated carbocycles. The number of hydrogen-bond acceptors (Lipinski definition) is 5. The Bertz CT molecular complexity index is 813. The molecule has 0 bridgehead atoms. The Kier molecular flexibility index (Phi) is 5.41. The highest BCUT2D eigenvalue weighted by molar-refractivity contribution is 5.78. The zero-order chi connectivity index (χ0) is 17.5. The summed E-state index contributed by atoms with van der Waals surface area (Å²) in [5.41, 5.74) is 1.79. The van der Waals surface area contributed by atoms with Crippen molar-refractivity contribution in [2.45, 2.75) is 19.9 Å². The molecule has 6 nitrogen and oxygen atoms in total. The largest absolute Gasteiger partial charge is 0.494 e. The molecule has 6 heteroatoms. The molecular weight excluding hydrogens is 318 g/mol. The highest BCUT2D eigenvalue weighted by Gasteiger charge is 2.10. The van der Waals surface area contributed by atoms with Gasteiger partial charge in [0, 0.05) is 5.56 Å². The van der Waals surface area contributed by atoms with E-state index in [2.05, 4.69) is 15.5 Å². The first kappa shape index (κ1) is 16.7. The van der Waals surface area contributed by atoms with Crippen molar-refractivity contribution < 1.29 is 14.1 Å². The number of carbonyl (C=O) groups excluding carboxylic acids is 1. The Morgan fingerprint density at radius 3 is 2.60 bits per heavy atom. The van der Waals surface area contributed by atoms with Crippen molar-refractivity contribution in [1.29, 1.82) is 0 Å². The maximum atomic E-state index is 12.0. The van der Waals surface area contributed by atoms with Crippen LogP contribution in [0, 0.1) is 0 Å². The van der Waals surface area contributed by atoms with E-state index in [0.29, 0.717) is 18.3 Å². The van der Waals surface area contributed by atoms with Crippen molar-refractivity contribution in [3.63, 3.8) is 0 Å². The second-order valence-corrected chi connectivity index (χ2v) is 5.41. The van der Waals surface area contributed by atoms with Gasteiger partial charge in [0.15, 0.2) is 0 Å². The van der Waals surface area contributed by atoms with Crippen LogP contribution in [-0.2, 0) is 17.8 Å². The molecule has 1 aromatic heterocycles. The van der Waals surface area contributed by atoms with Crippen molar-refractivity contribution in [3.05, 3.63) is 66.1 Å². The van der Waals surface area contributed by atoms with Crippen LogP contribution in [0.3, 0.4) is 0 Å². The molecular formula is C19H19N3O3. The smallest absolute Gasteiger partial charge is 0.246 e. The number of benzene rings is 2. The molecule has 0 spiro atoms. The molecule has 1 amide bonds. The third-order valence-electron chi connectivity index (χ3n) is 3.54. The summed E-state index contributed by atoms with van der Waals surface area (Å²) in [5, 5.41) is 6.71. The molecule has 3 aromatic rings. The van der Waals surface area contributed by atoms with E-state index in [9.17, 15) is 4.79 Å². The van der Waals surface area contributed by atoms with Crippen LogP contribution in [-0.4, -0.2) is 22.7 Å². The first-order valence-corrected chi connectivity index (χ1v) is 8.11. The van der Waals surface area contributed by atoms with E-state index < -0.39 is 0 Å². The zero-order valence-corrected chi connectivity index (χ0v) is 13.9. The van der Waals surface area contributed by atoms with Crippen molar-refractivity contribution in [2.24, 2.45) is 0 Å². The van der Waals surface area contributed by atoms with E-state index in [1.807, 2.05) is 61.5 Å². The lowest BCUT2D eigenvalue weighted by Crippen LogP contribution is -2.24. The standard InChI is InChI=1S/C19H19N3O3/c1-2-24-16-10-8-14(9-11-16)12-17(23)20-13-18-21-19(22-25-18)15-6-4-3-5-7-15/h3-11H,2,12-13H2,1H3,(H,20,23). The van der Waals surface area contributed by atoms with Crippen LogP contribution in [0.5, 0.6) is 5.75 Å². The average molecular weight is 337 g/mol. The first-order valence-electron chi connectivity index (χ1n) is 8.11. The molecule has 0 aliphatic heterocycles. The Labute approximate surface area is 145 Å². The van der Waals surface area contributed by atoms with Crippen LogP contribution in [0.4, 0.5) is 0 Å². The van der Waals surface area contributed by atoms with Crippen molar-refractivity contribution >= 4 is 5.91 Å². The molecule has 0 fully saturated rings. The molecule has 25 heavy (non-hydrogen) atoms. The lowest BCUT2D eigenvalue weighted by atomic mass is 10.1. The second-order valence-electron chi connectivity index (χ2n) is 5.41.